The predicted molar refractivity (Wildman–Crippen MR) is 243 cm³/mol. The maximum Gasteiger partial charge on any atom is 0.410 e. The summed E-state index contributed by atoms with van der Waals surface area (Å²) in [7, 11) is 0. The minimum absolute atomic E-state index is 0.0392. The van der Waals surface area contributed by atoms with Gasteiger partial charge in [0.25, 0.3) is 5.91 Å². The molecule has 21 heteroatoms. The number of hydrazine groups is 2. The molecule has 368 valence electrons. The highest BCUT2D eigenvalue weighted by molar-refractivity contribution is 5.88. The number of carboxylic acid groups (broad SMARTS) is 1. The van der Waals surface area contributed by atoms with Crippen LogP contribution < -0.4 is 11.3 Å². The van der Waals surface area contributed by atoms with Gasteiger partial charge in [0, 0.05) is 65.4 Å². The van der Waals surface area contributed by atoms with E-state index in [4.69, 9.17) is 30.1 Å². The van der Waals surface area contributed by atoms with Crippen molar-refractivity contribution in [3.8, 4) is 0 Å². The molecule has 0 radical (unpaired) electrons. The van der Waals surface area contributed by atoms with E-state index < -0.39 is 29.3 Å². The Balaban J connectivity index is 0.000000184. The Kier molecular flexibility index (Phi) is 16.9. The molecule has 4 N–H and O–H groups in total. The van der Waals surface area contributed by atoms with Gasteiger partial charge in [-0.2, -0.15) is 10.1 Å². The lowest BCUT2D eigenvalue weighted by Gasteiger charge is -2.37. The number of hydrogen-bond acceptors (Lipinski definition) is 13. The van der Waals surface area contributed by atoms with Crippen molar-refractivity contribution in [2.24, 2.45) is 5.84 Å². The van der Waals surface area contributed by atoms with Gasteiger partial charge in [0.15, 0.2) is 0 Å². The topological polar surface area (TPSA) is 224 Å². The van der Waals surface area contributed by atoms with Crippen LogP contribution in [0.25, 0.3) is 0 Å². The molecule has 21 nitrogen and oxygen atoms in total. The van der Waals surface area contributed by atoms with Crippen LogP contribution in [0.3, 0.4) is 0 Å². The standard InChI is InChI=1S/C23H33N5O5.C14H16N2O4.C9H19N3O2/c1-23(2,3)33-22(31)25-11-13-26(14-12-25)24-20(29)19-10-9-18-15-27(19)21(30)28(18)32-16-17-7-5-4-6-8-17;17-13(18)12-7-6-11-8-15(12)14(19)16(11)20-9-10-4-2-1-3-5-10;1-9(2,3)14-8(13)11-4-6-12(10)7-5-11/h4-8,18-19H,9-16H2,1-3H3,(H,24,29);1-5,11-12H,6-9H2,(H,17,18);4-7,10H2,1-3H3/t18-,19+;11-,12+;/m11./s1. The van der Waals surface area contributed by atoms with Gasteiger partial charge < -0.3 is 34.2 Å². The van der Waals surface area contributed by atoms with Gasteiger partial charge in [0.2, 0.25) is 0 Å². The summed E-state index contributed by atoms with van der Waals surface area (Å²) in [5.74, 6) is 4.44. The number of rotatable bonds is 9. The molecule has 0 aromatic heterocycles. The Hall–Kier alpha value is -5.74. The van der Waals surface area contributed by atoms with Crippen molar-refractivity contribution in [2.45, 2.75) is 116 Å². The molecule has 4 bridgehead atoms. The van der Waals surface area contributed by atoms with Gasteiger partial charge in [-0.3, -0.25) is 25.7 Å². The number of piperazine rings is 2. The third-order valence-corrected chi connectivity index (χ3v) is 11.8. The van der Waals surface area contributed by atoms with Crippen molar-refractivity contribution in [3.63, 3.8) is 0 Å². The lowest BCUT2D eigenvalue weighted by molar-refractivity contribution is -0.143. The number of carbonyl (C=O) groups excluding carboxylic acids is 5. The van der Waals surface area contributed by atoms with Crippen LogP contribution in [0.2, 0.25) is 0 Å². The lowest BCUT2D eigenvalue weighted by Crippen LogP contribution is -2.59. The first-order chi connectivity index (χ1) is 31.8. The minimum atomic E-state index is -0.943. The Morgan fingerprint density at radius 3 is 1.43 bits per heavy atom. The number of ether oxygens (including phenoxy) is 2. The highest BCUT2D eigenvalue weighted by Gasteiger charge is 2.49. The summed E-state index contributed by atoms with van der Waals surface area (Å²) in [6.07, 6.45) is 1.85. The van der Waals surface area contributed by atoms with Gasteiger partial charge in [0.05, 0.1) is 12.1 Å². The average molecular weight is 937 g/mol. The molecule has 2 aromatic rings. The Morgan fingerprint density at radius 2 is 1.01 bits per heavy atom. The maximum absolute atomic E-state index is 13.0. The van der Waals surface area contributed by atoms with E-state index in [0.29, 0.717) is 104 Å². The molecule has 0 saturated carbocycles. The summed E-state index contributed by atoms with van der Waals surface area (Å²) < 4.78 is 10.7. The fourth-order valence-corrected chi connectivity index (χ4v) is 8.35. The van der Waals surface area contributed by atoms with E-state index in [1.54, 1.807) is 24.7 Å². The van der Waals surface area contributed by atoms with Crippen LogP contribution in [-0.4, -0.2) is 182 Å². The number of hydroxylamine groups is 4. The number of urea groups is 2. The third-order valence-electron chi connectivity index (χ3n) is 11.8. The number of carbonyl (C=O) groups is 6. The van der Waals surface area contributed by atoms with Crippen LogP contribution in [0.5, 0.6) is 0 Å². The van der Waals surface area contributed by atoms with Gasteiger partial charge >= 0.3 is 30.2 Å². The first kappa shape index (κ1) is 50.7. The fraction of sp³-hybridized carbons (Fsp3) is 0.609. The number of aliphatic carboxylic acids is 1. The molecule has 2 aromatic carbocycles. The molecule has 0 spiro atoms. The van der Waals surface area contributed by atoms with E-state index >= 15 is 0 Å². The van der Waals surface area contributed by atoms with Gasteiger partial charge in [0.1, 0.15) is 36.5 Å². The molecule has 6 aliphatic rings. The molecule has 67 heavy (non-hydrogen) atoms. The number of hydrogen-bond donors (Lipinski definition) is 3. The van der Waals surface area contributed by atoms with Crippen molar-refractivity contribution in [1.82, 2.24) is 45.2 Å². The van der Waals surface area contributed by atoms with E-state index in [2.05, 4.69) is 5.43 Å². The zero-order valence-electron chi connectivity index (χ0n) is 39.6. The smallest absolute Gasteiger partial charge is 0.410 e. The molecule has 0 aliphatic carbocycles. The Bertz CT molecular complexity index is 2000. The van der Waals surface area contributed by atoms with Crippen LogP contribution in [0, 0.1) is 0 Å². The molecular formula is C46H68N10O11. The van der Waals surface area contributed by atoms with Crippen LogP contribution in [0.4, 0.5) is 19.2 Å². The van der Waals surface area contributed by atoms with Crippen LogP contribution in [0.15, 0.2) is 60.7 Å². The quantitative estimate of drug-likeness (QED) is 0.304. The number of fused-ring (bicyclic) bond motifs is 4. The first-order valence-electron chi connectivity index (χ1n) is 23.0. The Morgan fingerprint density at radius 1 is 0.612 bits per heavy atom. The summed E-state index contributed by atoms with van der Waals surface area (Å²) in [4.78, 5) is 90.7. The predicted octanol–water partition coefficient (Wildman–Crippen LogP) is 3.85. The molecule has 4 atom stereocenters. The van der Waals surface area contributed by atoms with Crippen molar-refractivity contribution < 1.29 is 53.0 Å². The average Bonchev–Trinajstić information content (AvgIpc) is 3.66. The second-order valence-corrected chi connectivity index (χ2v) is 19.3. The highest BCUT2D eigenvalue weighted by Crippen LogP contribution is 2.32. The fourth-order valence-electron chi connectivity index (χ4n) is 8.35. The molecule has 6 saturated heterocycles. The summed E-state index contributed by atoms with van der Waals surface area (Å²) >= 11 is 0. The number of nitrogens with two attached hydrogens (primary N) is 1. The van der Waals surface area contributed by atoms with Gasteiger partial charge in [-0.05, 0) is 78.4 Å². The zero-order chi connectivity index (χ0) is 48.5. The van der Waals surface area contributed by atoms with E-state index in [9.17, 15) is 28.8 Å². The summed E-state index contributed by atoms with van der Waals surface area (Å²) in [6, 6.07) is 17.4. The van der Waals surface area contributed by atoms with Crippen LogP contribution in [-0.2, 0) is 42.0 Å². The molecule has 0 unspecified atom stereocenters. The molecule has 6 fully saturated rings. The van der Waals surface area contributed by atoms with Gasteiger partial charge in [-0.15, -0.1) is 0 Å². The number of nitrogens with one attached hydrogen (secondary N) is 1. The summed E-state index contributed by atoms with van der Waals surface area (Å²) in [5.41, 5.74) is 3.94. The van der Waals surface area contributed by atoms with Crippen molar-refractivity contribution in [3.05, 3.63) is 71.8 Å². The highest BCUT2D eigenvalue weighted by atomic mass is 16.7. The van der Waals surface area contributed by atoms with Crippen LogP contribution in [0.1, 0.15) is 78.4 Å². The van der Waals surface area contributed by atoms with Crippen molar-refractivity contribution >= 4 is 36.1 Å². The van der Waals surface area contributed by atoms with E-state index in [1.807, 2.05) is 102 Å². The van der Waals surface area contributed by atoms with Crippen molar-refractivity contribution in [2.75, 3.05) is 65.4 Å². The SMILES string of the molecule is CC(C)(C)OC(=O)N1CCN(N)CC1.CC(C)(C)OC(=O)N1CCN(NC(=O)[C@@H]2CC[C@@H]3CN2C(=O)N3OCc2ccccc2)CC1.O=C(O)[C@@H]1CC[C@@H]2CN1C(=O)N2OCc1ccccc1. The maximum atomic E-state index is 13.0. The van der Waals surface area contributed by atoms with E-state index in [0.717, 1.165) is 11.1 Å². The third kappa shape index (κ3) is 14.1. The number of carboxylic acids is 1. The first-order valence-corrected chi connectivity index (χ1v) is 23.0. The molecule has 6 aliphatic heterocycles. The number of nitrogens with zero attached hydrogens (tertiary/aromatic N) is 8. The number of piperidine rings is 2. The normalized spacial score (nSPS) is 23.2. The van der Waals surface area contributed by atoms with Crippen molar-refractivity contribution in [1.29, 1.82) is 0 Å². The Labute approximate surface area is 392 Å². The largest absolute Gasteiger partial charge is 0.480 e. The number of benzene rings is 2. The lowest BCUT2D eigenvalue weighted by atomic mass is 10.0. The van der Waals surface area contributed by atoms with E-state index in [1.165, 1.54) is 15.0 Å². The summed E-state index contributed by atoms with van der Waals surface area (Å²) in [6.45, 7) is 17.3. The monoisotopic (exact) mass is 937 g/mol. The molecular weight excluding hydrogens is 869 g/mol. The van der Waals surface area contributed by atoms with Crippen LogP contribution >= 0.6 is 0 Å². The molecule has 7 amide bonds. The second-order valence-electron chi connectivity index (χ2n) is 19.3. The van der Waals surface area contributed by atoms with Gasteiger partial charge in [-0.25, -0.2) is 34.0 Å². The number of amides is 7. The second kappa shape index (κ2) is 22.4. The van der Waals surface area contributed by atoms with Gasteiger partial charge in [-0.1, -0.05) is 60.7 Å². The zero-order valence-corrected chi connectivity index (χ0v) is 39.6. The molecule has 8 rings (SSSR count). The minimum Gasteiger partial charge on any atom is -0.480 e. The van der Waals surface area contributed by atoms with E-state index in [-0.39, 0.29) is 42.2 Å². The molecule has 6 heterocycles. The summed E-state index contributed by atoms with van der Waals surface area (Å²) in [5, 5.41) is 15.4.